The summed E-state index contributed by atoms with van der Waals surface area (Å²) in [6.45, 7) is 5.42. The van der Waals surface area contributed by atoms with Gasteiger partial charge in [-0.3, -0.25) is 9.69 Å². The van der Waals surface area contributed by atoms with Crippen LogP contribution in [0, 0.1) is 0 Å². The highest BCUT2D eigenvalue weighted by molar-refractivity contribution is 6.30. The SMILES string of the molecule is O=C(COc1ccc(Cl)cc1)Nc1ccc(NCCN2CCOCC2)cc1. The number of carbonyl (C=O) groups excluding carboxylic acids is 1. The molecule has 1 aliphatic heterocycles. The monoisotopic (exact) mass is 389 g/mol. The number of halogens is 1. The zero-order valence-electron chi connectivity index (χ0n) is 15.1. The minimum absolute atomic E-state index is 0.0544. The van der Waals surface area contributed by atoms with Crippen molar-refractivity contribution in [1.82, 2.24) is 4.90 Å². The average Bonchev–Trinajstić information content (AvgIpc) is 2.70. The number of ether oxygens (including phenoxy) is 2. The smallest absolute Gasteiger partial charge is 0.262 e. The molecule has 0 aromatic heterocycles. The third-order valence-electron chi connectivity index (χ3n) is 4.21. The van der Waals surface area contributed by atoms with Gasteiger partial charge in [0.2, 0.25) is 0 Å². The van der Waals surface area contributed by atoms with E-state index in [1.807, 2.05) is 24.3 Å². The van der Waals surface area contributed by atoms with Gasteiger partial charge in [0.1, 0.15) is 5.75 Å². The molecule has 27 heavy (non-hydrogen) atoms. The molecular formula is C20H24ClN3O3. The predicted octanol–water partition coefficient (Wildman–Crippen LogP) is 3.10. The van der Waals surface area contributed by atoms with Crippen LogP contribution in [-0.2, 0) is 9.53 Å². The Bertz CT molecular complexity index is 716. The minimum Gasteiger partial charge on any atom is -0.484 e. The maximum atomic E-state index is 12.0. The summed E-state index contributed by atoms with van der Waals surface area (Å²) in [7, 11) is 0. The second-order valence-electron chi connectivity index (χ2n) is 6.25. The molecule has 2 N–H and O–H groups in total. The lowest BCUT2D eigenvalue weighted by Gasteiger charge is -2.26. The van der Waals surface area contributed by atoms with E-state index in [0.717, 1.165) is 50.8 Å². The molecule has 1 fully saturated rings. The Hall–Kier alpha value is -2.28. The molecule has 2 aromatic rings. The summed E-state index contributed by atoms with van der Waals surface area (Å²) in [4.78, 5) is 14.4. The standard InChI is InChI=1S/C20H24ClN3O3/c21-16-1-7-19(8-2-16)27-15-20(25)23-18-5-3-17(4-6-18)22-9-10-24-11-13-26-14-12-24/h1-8,22H,9-15H2,(H,23,25). The fourth-order valence-electron chi connectivity index (χ4n) is 2.73. The predicted molar refractivity (Wildman–Crippen MR) is 108 cm³/mol. The summed E-state index contributed by atoms with van der Waals surface area (Å²) >= 11 is 5.82. The van der Waals surface area contributed by atoms with Crippen LogP contribution in [0.1, 0.15) is 0 Å². The fourth-order valence-corrected chi connectivity index (χ4v) is 2.86. The molecule has 0 bridgehead atoms. The van der Waals surface area contributed by atoms with Crippen molar-refractivity contribution in [3.05, 3.63) is 53.6 Å². The lowest BCUT2D eigenvalue weighted by Crippen LogP contribution is -2.38. The molecule has 0 saturated carbocycles. The summed E-state index contributed by atoms with van der Waals surface area (Å²) < 4.78 is 10.8. The first kappa shape index (κ1) is 19.5. The Balaban J connectivity index is 1.37. The molecule has 1 amide bonds. The van der Waals surface area contributed by atoms with E-state index in [2.05, 4.69) is 15.5 Å². The second-order valence-corrected chi connectivity index (χ2v) is 6.69. The van der Waals surface area contributed by atoms with Gasteiger partial charge in [0.25, 0.3) is 5.91 Å². The van der Waals surface area contributed by atoms with Crippen LogP contribution in [-0.4, -0.2) is 56.8 Å². The van der Waals surface area contributed by atoms with Gasteiger partial charge in [-0.2, -0.15) is 0 Å². The normalized spacial score (nSPS) is 14.6. The largest absolute Gasteiger partial charge is 0.484 e. The average molecular weight is 390 g/mol. The molecule has 144 valence electrons. The maximum Gasteiger partial charge on any atom is 0.262 e. The Morgan fingerprint density at radius 2 is 1.70 bits per heavy atom. The maximum absolute atomic E-state index is 12.0. The molecule has 7 heteroatoms. The fraction of sp³-hybridized carbons (Fsp3) is 0.350. The van der Waals surface area contributed by atoms with E-state index in [1.54, 1.807) is 24.3 Å². The first-order chi connectivity index (χ1) is 13.2. The van der Waals surface area contributed by atoms with Crippen LogP contribution in [0.15, 0.2) is 48.5 Å². The Kier molecular flexibility index (Phi) is 7.33. The highest BCUT2D eigenvalue weighted by atomic mass is 35.5. The van der Waals surface area contributed by atoms with Crippen LogP contribution in [0.5, 0.6) is 5.75 Å². The number of nitrogens with zero attached hydrogens (tertiary/aromatic N) is 1. The Morgan fingerprint density at radius 3 is 2.41 bits per heavy atom. The zero-order valence-corrected chi connectivity index (χ0v) is 15.9. The van der Waals surface area contributed by atoms with Crippen molar-refractivity contribution in [3.8, 4) is 5.75 Å². The van der Waals surface area contributed by atoms with Crippen LogP contribution >= 0.6 is 11.6 Å². The third kappa shape index (κ3) is 6.75. The number of morpholine rings is 1. The van der Waals surface area contributed by atoms with Gasteiger partial charge in [-0.1, -0.05) is 11.6 Å². The van der Waals surface area contributed by atoms with Crippen molar-refractivity contribution in [2.45, 2.75) is 0 Å². The summed E-state index contributed by atoms with van der Waals surface area (Å²) in [5.41, 5.74) is 1.76. The molecule has 6 nitrogen and oxygen atoms in total. The summed E-state index contributed by atoms with van der Waals surface area (Å²) in [5.74, 6) is 0.396. The number of hydrogen-bond acceptors (Lipinski definition) is 5. The molecule has 1 saturated heterocycles. The van der Waals surface area contributed by atoms with Gasteiger partial charge in [-0.15, -0.1) is 0 Å². The summed E-state index contributed by atoms with van der Waals surface area (Å²) in [6, 6.07) is 14.6. The first-order valence-electron chi connectivity index (χ1n) is 9.01. The molecule has 2 aromatic carbocycles. The van der Waals surface area contributed by atoms with Crippen molar-refractivity contribution in [2.75, 3.05) is 56.6 Å². The summed E-state index contributed by atoms with van der Waals surface area (Å²) in [6.07, 6.45) is 0. The molecule has 0 aliphatic carbocycles. The number of benzene rings is 2. The molecule has 0 atom stereocenters. The van der Waals surface area contributed by atoms with Gasteiger partial charge in [0.15, 0.2) is 6.61 Å². The molecule has 3 rings (SSSR count). The molecular weight excluding hydrogens is 366 g/mol. The van der Waals surface area contributed by atoms with E-state index in [1.165, 1.54) is 0 Å². The highest BCUT2D eigenvalue weighted by Gasteiger charge is 2.09. The van der Waals surface area contributed by atoms with E-state index in [4.69, 9.17) is 21.1 Å². The van der Waals surface area contributed by atoms with Crippen molar-refractivity contribution < 1.29 is 14.3 Å². The van der Waals surface area contributed by atoms with Gasteiger partial charge in [-0.25, -0.2) is 0 Å². The molecule has 1 heterocycles. The van der Waals surface area contributed by atoms with Crippen molar-refractivity contribution in [1.29, 1.82) is 0 Å². The number of carbonyl (C=O) groups is 1. The Morgan fingerprint density at radius 1 is 1.04 bits per heavy atom. The van der Waals surface area contributed by atoms with Crippen molar-refractivity contribution in [3.63, 3.8) is 0 Å². The van der Waals surface area contributed by atoms with Gasteiger partial charge < -0.3 is 20.1 Å². The van der Waals surface area contributed by atoms with Gasteiger partial charge in [0.05, 0.1) is 13.2 Å². The van der Waals surface area contributed by atoms with Crippen LogP contribution in [0.2, 0.25) is 5.02 Å². The van der Waals surface area contributed by atoms with Gasteiger partial charge in [-0.05, 0) is 48.5 Å². The van der Waals surface area contributed by atoms with Gasteiger partial charge >= 0.3 is 0 Å². The van der Waals surface area contributed by atoms with E-state index in [-0.39, 0.29) is 12.5 Å². The number of anilines is 2. The van der Waals surface area contributed by atoms with Crippen LogP contribution in [0.25, 0.3) is 0 Å². The van der Waals surface area contributed by atoms with E-state index < -0.39 is 0 Å². The zero-order chi connectivity index (χ0) is 18.9. The lowest BCUT2D eigenvalue weighted by molar-refractivity contribution is -0.118. The molecule has 0 radical (unpaired) electrons. The summed E-state index contributed by atoms with van der Waals surface area (Å²) in [5, 5.41) is 6.84. The number of nitrogens with one attached hydrogen (secondary N) is 2. The first-order valence-corrected chi connectivity index (χ1v) is 9.39. The van der Waals surface area contributed by atoms with Crippen LogP contribution in [0.4, 0.5) is 11.4 Å². The number of amides is 1. The molecule has 1 aliphatic rings. The van der Waals surface area contributed by atoms with Crippen LogP contribution in [0.3, 0.4) is 0 Å². The quantitative estimate of drug-likeness (QED) is 0.726. The molecule has 0 unspecified atom stereocenters. The van der Waals surface area contributed by atoms with Crippen molar-refractivity contribution >= 4 is 28.9 Å². The van der Waals surface area contributed by atoms with E-state index >= 15 is 0 Å². The lowest BCUT2D eigenvalue weighted by atomic mass is 10.2. The highest BCUT2D eigenvalue weighted by Crippen LogP contribution is 2.16. The van der Waals surface area contributed by atoms with E-state index in [9.17, 15) is 4.79 Å². The molecule has 0 spiro atoms. The Labute approximate surface area is 164 Å². The van der Waals surface area contributed by atoms with Crippen molar-refractivity contribution in [2.24, 2.45) is 0 Å². The third-order valence-corrected chi connectivity index (χ3v) is 4.47. The minimum atomic E-state index is -0.210. The van der Waals surface area contributed by atoms with Gasteiger partial charge in [0, 0.05) is 42.6 Å². The van der Waals surface area contributed by atoms with E-state index in [0.29, 0.717) is 10.8 Å². The topological polar surface area (TPSA) is 62.8 Å². The second kappa shape index (κ2) is 10.2. The number of hydrogen-bond donors (Lipinski definition) is 2. The van der Waals surface area contributed by atoms with Crippen LogP contribution < -0.4 is 15.4 Å². The number of rotatable bonds is 8.